The van der Waals surface area contributed by atoms with Gasteiger partial charge in [-0.05, 0) is 62.5 Å². The molecular weight excluding hydrogens is 346 g/mol. The lowest BCUT2D eigenvalue weighted by Crippen LogP contribution is -2.43. The maximum Gasteiger partial charge on any atom is 0.193 e. The minimum atomic E-state index is 0.701. The average Bonchev–Trinajstić information content (AvgIpc) is 3.39. The van der Waals surface area contributed by atoms with Crippen LogP contribution in [0.4, 0.5) is 0 Å². The number of guanidine groups is 1. The lowest BCUT2D eigenvalue weighted by atomic mass is 10.1. The number of nitrogens with one attached hydrogen (secondary N) is 2. The molecule has 2 fully saturated rings. The highest BCUT2D eigenvalue weighted by molar-refractivity contribution is 6.31. The molecule has 4 rings (SSSR count). The van der Waals surface area contributed by atoms with E-state index in [-0.39, 0.29) is 0 Å². The van der Waals surface area contributed by atoms with Gasteiger partial charge in [0.1, 0.15) is 0 Å². The number of rotatable bonds is 4. The van der Waals surface area contributed by atoms with E-state index in [0.29, 0.717) is 6.04 Å². The zero-order valence-corrected chi connectivity index (χ0v) is 16.2. The number of H-pyrrole nitrogens is 1. The zero-order valence-electron chi connectivity index (χ0n) is 15.5. The molecule has 2 aliphatic rings. The Bertz CT molecular complexity index is 778. The molecular formula is C20H28ClN5. The molecule has 0 bridgehead atoms. The van der Waals surface area contributed by atoms with Gasteiger partial charge >= 0.3 is 0 Å². The van der Waals surface area contributed by atoms with Crippen molar-refractivity contribution in [1.82, 2.24) is 20.1 Å². The first kappa shape index (κ1) is 17.7. The van der Waals surface area contributed by atoms with Crippen LogP contribution in [0.5, 0.6) is 0 Å². The molecule has 1 atom stereocenters. The topological polar surface area (TPSA) is 46.7 Å². The van der Waals surface area contributed by atoms with Crippen molar-refractivity contribution in [1.29, 1.82) is 0 Å². The van der Waals surface area contributed by atoms with Crippen LogP contribution in [-0.2, 0) is 6.42 Å². The van der Waals surface area contributed by atoms with Gasteiger partial charge in [0.05, 0.1) is 0 Å². The van der Waals surface area contributed by atoms with Crippen LogP contribution >= 0.6 is 11.6 Å². The first-order valence-electron chi connectivity index (χ1n) is 9.70. The highest BCUT2D eigenvalue weighted by atomic mass is 35.5. The van der Waals surface area contributed by atoms with Crippen molar-refractivity contribution in [2.24, 2.45) is 4.99 Å². The van der Waals surface area contributed by atoms with Gasteiger partial charge in [-0.1, -0.05) is 11.6 Å². The molecule has 3 heterocycles. The van der Waals surface area contributed by atoms with Crippen molar-refractivity contribution < 1.29 is 0 Å². The Morgan fingerprint density at radius 3 is 2.96 bits per heavy atom. The molecule has 0 saturated carbocycles. The van der Waals surface area contributed by atoms with Crippen molar-refractivity contribution in [3.63, 3.8) is 0 Å². The standard InChI is InChI=1S/C20H28ClN5/c1-22-20(26-11-7-17(14-26)25-9-2-3-10-25)23-8-6-15-13-24-19-5-4-16(21)12-18(15)19/h4-5,12-13,17,24H,2-3,6-11,14H2,1H3,(H,22,23). The maximum atomic E-state index is 6.15. The molecule has 0 aliphatic carbocycles. The summed E-state index contributed by atoms with van der Waals surface area (Å²) in [5.41, 5.74) is 2.43. The van der Waals surface area contributed by atoms with Gasteiger partial charge in [0, 0.05) is 54.8 Å². The summed E-state index contributed by atoms with van der Waals surface area (Å²) in [4.78, 5) is 12.9. The third-order valence-electron chi connectivity index (χ3n) is 5.74. The number of aromatic nitrogens is 1. The molecule has 0 radical (unpaired) electrons. The summed E-state index contributed by atoms with van der Waals surface area (Å²) in [5, 5.41) is 5.55. The summed E-state index contributed by atoms with van der Waals surface area (Å²) in [6.07, 6.45) is 7.01. The second-order valence-corrected chi connectivity index (χ2v) is 7.80. The minimum Gasteiger partial charge on any atom is -0.361 e. The van der Waals surface area contributed by atoms with Gasteiger partial charge in [0.2, 0.25) is 0 Å². The van der Waals surface area contributed by atoms with E-state index in [1.54, 1.807) is 0 Å². The third kappa shape index (κ3) is 3.69. The van der Waals surface area contributed by atoms with Crippen LogP contribution in [0.15, 0.2) is 29.4 Å². The predicted octanol–water partition coefficient (Wildman–Crippen LogP) is 3.11. The summed E-state index contributed by atoms with van der Waals surface area (Å²) in [6.45, 7) is 5.62. The van der Waals surface area contributed by atoms with Crippen LogP contribution in [0.2, 0.25) is 5.02 Å². The van der Waals surface area contributed by atoms with E-state index in [2.05, 4.69) is 31.3 Å². The van der Waals surface area contributed by atoms with Crippen LogP contribution in [0.1, 0.15) is 24.8 Å². The second-order valence-electron chi connectivity index (χ2n) is 7.36. The molecule has 6 heteroatoms. The van der Waals surface area contributed by atoms with E-state index < -0.39 is 0 Å². The fourth-order valence-corrected chi connectivity index (χ4v) is 4.51. The fraction of sp³-hybridized carbons (Fsp3) is 0.550. The van der Waals surface area contributed by atoms with Crippen molar-refractivity contribution in [3.8, 4) is 0 Å². The number of likely N-dealkylation sites (tertiary alicyclic amines) is 2. The zero-order chi connectivity index (χ0) is 17.9. The first-order valence-corrected chi connectivity index (χ1v) is 10.1. The molecule has 0 spiro atoms. The van der Waals surface area contributed by atoms with Crippen LogP contribution < -0.4 is 5.32 Å². The van der Waals surface area contributed by atoms with Crippen LogP contribution in [0.25, 0.3) is 10.9 Å². The molecule has 5 nitrogen and oxygen atoms in total. The number of hydrogen-bond acceptors (Lipinski definition) is 2. The summed E-state index contributed by atoms with van der Waals surface area (Å²) in [7, 11) is 1.89. The Balaban J connectivity index is 1.32. The smallest absolute Gasteiger partial charge is 0.193 e. The van der Waals surface area contributed by atoms with Gasteiger partial charge in [0.15, 0.2) is 5.96 Å². The van der Waals surface area contributed by atoms with Crippen molar-refractivity contribution >= 4 is 28.5 Å². The molecule has 2 aliphatic heterocycles. The number of halogens is 1. The Labute approximate surface area is 160 Å². The molecule has 2 aromatic rings. The third-order valence-corrected chi connectivity index (χ3v) is 5.97. The van der Waals surface area contributed by atoms with Gasteiger partial charge in [-0.15, -0.1) is 0 Å². The Morgan fingerprint density at radius 1 is 1.31 bits per heavy atom. The maximum absolute atomic E-state index is 6.15. The number of nitrogens with zero attached hydrogens (tertiary/aromatic N) is 3. The number of aromatic amines is 1. The predicted molar refractivity (Wildman–Crippen MR) is 109 cm³/mol. The van der Waals surface area contributed by atoms with Crippen LogP contribution in [0.3, 0.4) is 0 Å². The number of aliphatic imine (C=N–C) groups is 1. The highest BCUT2D eigenvalue weighted by Crippen LogP contribution is 2.23. The number of fused-ring (bicyclic) bond motifs is 1. The van der Waals surface area contributed by atoms with E-state index in [4.69, 9.17) is 11.6 Å². The fourth-order valence-electron chi connectivity index (χ4n) is 4.34. The molecule has 2 saturated heterocycles. The second kappa shape index (κ2) is 7.89. The molecule has 140 valence electrons. The van der Waals surface area contributed by atoms with E-state index in [9.17, 15) is 0 Å². The SMILES string of the molecule is CN=C(NCCc1c[nH]c2ccc(Cl)cc12)N1CCC(N2CCCC2)C1. The molecule has 1 aromatic heterocycles. The van der Waals surface area contributed by atoms with Crippen molar-refractivity contribution in [2.75, 3.05) is 39.8 Å². The van der Waals surface area contributed by atoms with E-state index >= 15 is 0 Å². The van der Waals surface area contributed by atoms with Gasteiger partial charge in [-0.3, -0.25) is 9.89 Å². The Morgan fingerprint density at radius 2 is 2.15 bits per heavy atom. The minimum absolute atomic E-state index is 0.701. The van der Waals surface area contributed by atoms with Gasteiger partial charge in [-0.25, -0.2) is 0 Å². The lowest BCUT2D eigenvalue weighted by Gasteiger charge is -2.25. The number of benzene rings is 1. The molecule has 1 unspecified atom stereocenters. The summed E-state index contributed by atoms with van der Waals surface area (Å²) in [5.74, 6) is 1.03. The molecule has 1 aromatic carbocycles. The van der Waals surface area contributed by atoms with Crippen molar-refractivity contribution in [3.05, 3.63) is 35.0 Å². The monoisotopic (exact) mass is 373 g/mol. The van der Waals surface area contributed by atoms with Crippen molar-refractivity contribution in [2.45, 2.75) is 31.7 Å². The first-order chi connectivity index (χ1) is 12.7. The van der Waals surface area contributed by atoms with Crippen LogP contribution in [-0.4, -0.2) is 66.6 Å². The Hall–Kier alpha value is -1.72. The highest BCUT2D eigenvalue weighted by Gasteiger charge is 2.30. The van der Waals surface area contributed by atoms with E-state index in [1.165, 1.54) is 43.3 Å². The van der Waals surface area contributed by atoms with E-state index in [1.807, 2.05) is 25.2 Å². The average molecular weight is 374 g/mol. The normalized spacial score (nSPS) is 21.8. The number of hydrogen-bond donors (Lipinski definition) is 2. The Kier molecular flexibility index (Phi) is 5.36. The van der Waals surface area contributed by atoms with Gasteiger partial charge < -0.3 is 15.2 Å². The van der Waals surface area contributed by atoms with Gasteiger partial charge in [0.25, 0.3) is 0 Å². The molecule has 2 N–H and O–H groups in total. The molecule has 0 amide bonds. The quantitative estimate of drug-likeness (QED) is 0.639. The summed E-state index contributed by atoms with van der Waals surface area (Å²) in [6, 6.07) is 6.70. The summed E-state index contributed by atoms with van der Waals surface area (Å²) < 4.78 is 0. The largest absolute Gasteiger partial charge is 0.361 e. The van der Waals surface area contributed by atoms with Crippen LogP contribution in [0, 0.1) is 0 Å². The molecule has 26 heavy (non-hydrogen) atoms. The lowest BCUT2D eigenvalue weighted by molar-refractivity contribution is 0.249. The van der Waals surface area contributed by atoms with E-state index in [0.717, 1.165) is 42.6 Å². The van der Waals surface area contributed by atoms with Gasteiger partial charge in [-0.2, -0.15) is 0 Å². The summed E-state index contributed by atoms with van der Waals surface area (Å²) >= 11 is 6.15.